The van der Waals surface area contributed by atoms with Crippen LogP contribution >= 0.6 is 11.3 Å². The first-order chi connectivity index (χ1) is 15.1. The molecule has 2 aromatic heterocycles. The Morgan fingerprint density at radius 3 is 2.90 bits per heavy atom. The van der Waals surface area contributed by atoms with E-state index >= 15 is 0 Å². The summed E-state index contributed by atoms with van der Waals surface area (Å²) in [6.07, 6.45) is 3.51. The lowest BCUT2D eigenvalue weighted by molar-refractivity contribution is 0.1000. The summed E-state index contributed by atoms with van der Waals surface area (Å²) < 4.78 is 7.21. The zero-order valence-corrected chi connectivity index (χ0v) is 18.0. The van der Waals surface area contributed by atoms with E-state index in [1.165, 1.54) is 33.0 Å². The second kappa shape index (κ2) is 8.13. The van der Waals surface area contributed by atoms with Crippen molar-refractivity contribution in [1.29, 1.82) is 0 Å². The van der Waals surface area contributed by atoms with Gasteiger partial charge in [0.25, 0.3) is 0 Å². The molecule has 6 heteroatoms. The lowest BCUT2D eigenvalue weighted by Gasteiger charge is -2.20. The van der Waals surface area contributed by atoms with Gasteiger partial charge in [0, 0.05) is 29.0 Å². The fourth-order valence-corrected chi connectivity index (χ4v) is 5.32. The number of primary amides is 1. The van der Waals surface area contributed by atoms with Gasteiger partial charge >= 0.3 is 0 Å². The van der Waals surface area contributed by atoms with E-state index in [4.69, 9.17) is 10.5 Å². The Kier molecular flexibility index (Phi) is 5.18. The van der Waals surface area contributed by atoms with Crippen LogP contribution < -0.4 is 15.8 Å². The van der Waals surface area contributed by atoms with Crippen LogP contribution in [0.1, 0.15) is 52.5 Å². The molecule has 0 spiro atoms. The summed E-state index contributed by atoms with van der Waals surface area (Å²) in [6, 6.07) is 18.7. The van der Waals surface area contributed by atoms with Crippen LogP contribution in [0.3, 0.4) is 0 Å². The molecule has 1 aliphatic carbocycles. The Morgan fingerprint density at radius 2 is 2.10 bits per heavy atom. The van der Waals surface area contributed by atoms with E-state index < -0.39 is 5.91 Å². The third-order valence-corrected chi connectivity index (χ3v) is 6.85. The number of nitrogens with zero attached hydrogens (tertiary/aromatic N) is 1. The number of amides is 1. The first kappa shape index (κ1) is 19.7. The van der Waals surface area contributed by atoms with Crippen LogP contribution in [-0.2, 0) is 6.42 Å². The second-order valence-electron chi connectivity index (χ2n) is 7.88. The Morgan fingerprint density at radius 1 is 1.23 bits per heavy atom. The van der Waals surface area contributed by atoms with Crippen LogP contribution in [0.2, 0.25) is 0 Å². The van der Waals surface area contributed by atoms with Crippen molar-refractivity contribution in [2.75, 3.05) is 0 Å². The average Bonchev–Trinajstić information content (AvgIpc) is 3.38. The normalized spacial score (nSPS) is 16.2. The first-order valence-electron chi connectivity index (χ1n) is 10.4. The van der Waals surface area contributed by atoms with Gasteiger partial charge in [-0.1, -0.05) is 24.3 Å². The highest BCUT2D eigenvalue weighted by Gasteiger charge is 2.25. The smallest absolute Gasteiger partial charge is 0.250 e. The first-order valence-corrected chi connectivity index (χ1v) is 11.2. The molecule has 2 unspecified atom stereocenters. The van der Waals surface area contributed by atoms with Gasteiger partial charge in [0.05, 0.1) is 5.56 Å². The van der Waals surface area contributed by atoms with Gasteiger partial charge in [0.2, 0.25) is 11.8 Å². The molecule has 0 fully saturated rings. The molecular formula is C25H23N3O2S. The number of hydrogen-bond donors (Lipinski definition) is 2. The number of aryl methyl sites for hydroxylation is 1. The lowest BCUT2D eigenvalue weighted by atomic mass is 10.0. The number of hydrogen-bond acceptors (Lipinski definition) is 5. The minimum Gasteiger partial charge on any atom is -0.439 e. The summed E-state index contributed by atoms with van der Waals surface area (Å²) in [6.45, 7) is 2.24. The van der Waals surface area contributed by atoms with Gasteiger partial charge < -0.3 is 15.8 Å². The van der Waals surface area contributed by atoms with Crippen molar-refractivity contribution in [3.05, 3.63) is 88.4 Å². The van der Waals surface area contributed by atoms with Gasteiger partial charge in [-0.05, 0) is 71.5 Å². The van der Waals surface area contributed by atoms with E-state index in [0.717, 1.165) is 18.6 Å². The predicted octanol–water partition coefficient (Wildman–Crippen LogP) is 5.53. The molecule has 3 N–H and O–H groups in total. The summed E-state index contributed by atoms with van der Waals surface area (Å²) in [5, 5.41) is 7.43. The summed E-state index contributed by atoms with van der Waals surface area (Å²) >= 11 is 1.80. The van der Waals surface area contributed by atoms with Crippen molar-refractivity contribution >= 4 is 27.3 Å². The van der Waals surface area contributed by atoms with Gasteiger partial charge in [-0.2, -0.15) is 0 Å². The topological polar surface area (TPSA) is 77.2 Å². The number of ether oxygens (including phenoxy) is 1. The minimum atomic E-state index is -0.500. The predicted molar refractivity (Wildman–Crippen MR) is 124 cm³/mol. The maximum atomic E-state index is 11.2. The lowest BCUT2D eigenvalue weighted by Crippen LogP contribution is -2.22. The Bertz CT molecular complexity index is 1250. The van der Waals surface area contributed by atoms with Crippen molar-refractivity contribution in [3.8, 4) is 11.6 Å². The SMILES string of the molecule is CC(NC1CCc2cc(Oc3ccc(C(N)=O)cn3)ccc21)c1csc2ccccc12. The van der Waals surface area contributed by atoms with E-state index in [9.17, 15) is 4.79 Å². The summed E-state index contributed by atoms with van der Waals surface area (Å²) in [7, 11) is 0. The molecule has 2 aromatic carbocycles. The molecule has 1 aliphatic rings. The zero-order chi connectivity index (χ0) is 21.4. The molecule has 0 saturated heterocycles. The molecule has 1 amide bonds. The molecule has 31 heavy (non-hydrogen) atoms. The standard InChI is InChI=1S/C25H23N3O2S/c1-15(21-14-31-23-5-3-2-4-20(21)23)28-22-10-6-16-12-18(8-9-19(16)22)30-24-11-7-17(13-27-24)25(26)29/h2-5,7-9,11-15,22,28H,6,10H2,1H3,(H2,26,29). The highest BCUT2D eigenvalue weighted by Crippen LogP contribution is 2.37. The Hall–Kier alpha value is -3.22. The monoisotopic (exact) mass is 429 g/mol. The second-order valence-corrected chi connectivity index (χ2v) is 8.79. The number of fused-ring (bicyclic) bond motifs is 2. The molecular weight excluding hydrogens is 406 g/mol. The van der Waals surface area contributed by atoms with Crippen molar-refractivity contribution in [2.24, 2.45) is 5.73 Å². The Labute approximate surface area is 184 Å². The van der Waals surface area contributed by atoms with Crippen molar-refractivity contribution in [2.45, 2.75) is 31.8 Å². The van der Waals surface area contributed by atoms with Gasteiger partial charge in [-0.25, -0.2) is 4.98 Å². The van der Waals surface area contributed by atoms with Crippen molar-refractivity contribution in [3.63, 3.8) is 0 Å². The molecule has 5 rings (SSSR count). The van der Waals surface area contributed by atoms with E-state index in [1.807, 2.05) is 6.07 Å². The number of pyridine rings is 1. The number of carbonyl (C=O) groups excluding carboxylic acids is 1. The van der Waals surface area contributed by atoms with Gasteiger partial charge in [0.1, 0.15) is 5.75 Å². The average molecular weight is 430 g/mol. The van der Waals surface area contributed by atoms with Crippen LogP contribution in [0.4, 0.5) is 0 Å². The maximum Gasteiger partial charge on any atom is 0.250 e. The molecule has 2 heterocycles. The molecule has 5 nitrogen and oxygen atoms in total. The molecule has 4 aromatic rings. The number of carbonyl (C=O) groups is 1. The fraction of sp³-hybridized carbons (Fsp3) is 0.200. The number of nitrogens with one attached hydrogen (secondary N) is 1. The van der Waals surface area contributed by atoms with E-state index in [0.29, 0.717) is 17.5 Å². The number of benzene rings is 2. The highest BCUT2D eigenvalue weighted by molar-refractivity contribution is 7.17. The number of rotatable bonds is 6. The largest absolute Gasteiger partial charge is 0.439 e. The van der Waals surface area contributed by atoms with Crippen LogP contribution in [0.15, 0.2) is 66.2 Å². The van der Waals surface area contributed by atoms with Crippen molar-refractivity contribution < 1.29 is 9.53 Å². The molecule has 156 valence electrons. The quantitative estimate of drug-likeness (QED) is 0.423. The van der Waals surface area contributed by atoms with Crippen LogP contribution in [0.25, 0.3) is 10.1 Å². The molecule has 2 atom stereocenters. The minimum absolute atomic E-state index is 0.274. The molecule has 0 aliphatic heterocycles. The third kappa shape index (κ3) is 3.92. The Balaban J connectivity index is 1.30. The van der Waals surface area contributed by atoms with Gasteiger partial charge in [0.15, 0.2) is 0 Å². The molecule has 0 saturated carbocycles. The van der Waals surface area contributed by atoms with Crippen molar-refractivity contribution in [1.82, 2.24) is 10.3 Å². The van der Waals surface area contributed by atoms with Gasteiger partial charge in [-0.3, -0.25) is 4.79 Å². The van der Waals surface area contributed by atoms with Crippen LogP contribution in [0, 0.1) is 0 Å². The summed E-state index contributed by atoms with van der Waals surface area (Å²) in [5.41, 5.74) is 9.61. The van der Waals surface area contributed by atoms with E-state index in [1.54, 1.807) is 23.5 Å². The highest BCUT2D eigenvalue weighted by atomic mass is 32.1. The fourth-order valence-electron chi connectivity index (χ4n) is 4.26. The zero-order valence-electron chi connectivity index (χ0n) is 17.2. The third-order valence-electron chi connectivity index (χ3n) is 5.86. The number of aromatic nitrogens is 1. The summed E-state index contributed by atoms with van der Waals surface area (Å²) in [5.74, 6) is 0.686. The van der Waals surface area contributed by atoms with Crippen LogP contribution in [-0.4, -0.2) is 10.9 Å². The maximum absolute atomic E-state index is 11.2. The molecule has 0 radical (unpaired) electrons. The van der Waals surface area contributed by atoms with E-state index in [-0.39, 0.29) is 6.04 Å². The molecule has 0 bridgehead atoms. The summed E-state index contributed by atoms with van der Waals surface area (Å²) in [4.78, 5) is 15.3. The number of thiophene rings is 1. The number of nitrogens with two attached hydrogens (primary N) is 1. The van der Waals surface area contributed by atoms with E-state index in [2.05, 4.69) is 59.0 Å². The van der Waals surface area contributed by atoms with Gasteiger partial charge in [-0.15, -0.1) is 11.3 Å². The van der Waals surface area contributed by atoms with Crippen LogP contribution in [0.5, 0.6) is 11.6 Å².